The molecule has 2 fully saturated rings. The summed E-state index contributed by atoms with van der Waals surface area (Å²) in [4.78, 5) is 51.9. The Morgan fingerprint density at radius 1 is 1.26 bits per heavy atom. The largest absolute Gasteiger partial charge is 0.522 e. The number of rotatable bonds is 10. The Kier molecular flexibility index (Phi) is 9.09. The van der Waals surface area contributed by atoms with Gasteiger partial charge in [-0.15, -0.1) is 13.2 Å². The number of carbonyl (C=O) groups is 4. The molecule has 2 rings (SSSR count). The lowest BCUT2D eigenvalue weighted by Gasteiger charge is -2.37. The minimum Gasteiger partial charge on any atom is -0.383 e. The van der Waals surface area contributed by atoms with Crippen molar-refractivity contribution in [2.45, 2.75) is 89.9 Å². The van der Waals surface area contributed by atoms with Gasteiger partial charge in [-0.3, -0.25) is 23.9 Å². The molecule has 9 nitrogen and oxygen atoms in total. The van der Waals surface area contributed by atoms with Crippen LogP contribution in [0, 0.1) is 11.8 Å². The van der Waals surface area contributed by atoms with Gasteiger partial charge in [-0.25, -0.2) is 0 Å². The summed E-state index contributed by atoms with van der Waals surface area (Å²) in [5.74, 6) is -3.33. The predicted octanol–water partition coefficient (Wildman–Crippen LogP) is 1.28. The van der Waals surface area contributed by atoms with Crippen LogP contribution in [0.1, 0.15) is 59.8 Å². The number of aliphatic hydroxyl groups excluding tert-OH is 1. The molecule has 0 aromatic heterocycles. The van der Waals surface area contributed by atoms with Crippen LogP contribution >= 0.6 is 0 Å². The summed E-state index contributed by atoms with van der Waals surface area (Å²) < 4.78 is 41.0. The quantitative estimate of drug-likeness (QED) is 0.421. The Morgan fingerprint density at radius 3 is 2.44 bits per heavy atom. The molecule has 3 amide bonds. The molecule has 12 heteroatoms. The molecule has 194 valence electrons. The van der Waals surface area contributed by atoms with Gasteiger partial charge < -0.3 is 20.6 Å². The Hall–Kier alpha value is -2.21. The maximum atomic E-state index is 13.2. The van der Waals surface area contributed by atoms with E-state index in [-0.39, 0.29) is 31.1 Å². The smallest absolute Gasteiger partial charge is 0.383 e. The van der Waals surface area contributed by atoms with Crippen molar-refractivity contribution >= 4 is 23.5 Å². The molecule has 0 unspecified atom stereocenters. The van der Waals surface area contributed by atoms with Crippen molar-refractivity contribution in [2.24, 2.45) is 11.8 Å². The molecule has 2 heterocycles. The minimum absolute atomic E-state index is 0.0325. The topological polar surface area (TPSA) is 125 Å². The van der Waals surface area contributed by atoms with Gasteiger partial charge in [0.2, 0.25) is 11.8 Å². The van der Waals surface area contributed by atoms with Crippen molar-refractivity contribution in [2.75, 3.05) is 13.2 Å². The van der Waals surface area contributed by atoms with E-state index in [1.807, 2.05) is 13.8 Å². The van der Waals surface area contributed by atoms with E-state index in [0.29, 0.717) is 19.4 Å². The van der Waals surface area contributed by atoms with E-state index in [1.54, 1.807) is 13.8 Å². The Bertz CT molecular complexity index is 786. The molecule has 4 atom stereocenters. The number of amides is 3. The normalized spacial score (nSPS) is 24.1. The first-order valence-corrected chi connectivity index (χ1v) is 11.4. The summed E-state index contributed by atoms with van der Waals surface area (Å²) in [6, 6.07) is -2.41. The first-order chi connectivity index (χ1) is 15.6. The van der Waals surface area contributed by atoms with Crippen molar-refractivity contribution < 1.29 is 42.2 Å². The SMILES string of the molecule is CC(C)C[C@@H](O)C(=O)N1[C@H](C(=O)N[C@@H](C[C@@H]2CCNC2=O)C(=O)COC(F)(F)F)CCC1(C)C. The molecular weight excluding hydrogens is 459 g/mol. The lowest BCUT2D eigenvalue weighted by molar-refractivity contribution is -0.321. The van der Waals surface area contributed by atoms with Gasteiger partial charge in [-0.1, -0.05) is 13.8 Å². The predicted molar refractivity (Wildman–Crippen MR) is 114 cm³/mol. The molecule has 0 radical (unpaired) electrons. The highest BCUT2D eigenvalue weighted by molar-refractivity contribution is 5.95. The number of aliphatic hydroxyl groups is 1. The van der Waals surface area contributed by atoms with E-state index in [0.717, 1.165) is 0 Å². The number of carbonyl (C=O) groups excluding carboxylic acids is 4. The van der Waals surface area contributed by atoms with E-state index in [2.05, 4.69) is 15.4 Å². The van der Waals surface area contributed by atoms with Crippen molar-refractivity contribution in [1.82, 2.24) is 15.5 Å². The second-order valence-corrected chi connectivity index (χ2v) is 9.99. The molecule has 0 spiro atoms. The average Bonchev–Trinajstić information content (AvgIpc) is 3.25. The third kappa shape index (κ3) is 7.39. The van der Waals surface area contributed by atoms with Crippen LogP contribution in [0.4, 0.5) is 13.2 Å². The second kappa shape index (κ2) is 11.0. The van der Waals surface area contributed by atoms with Crippen LogP contribution < -0.4 is 10.6 Å². The molecule has 0 aliphatic carbocycles. The van der Waals surface area contributed by atoms with Crippen molar-refractivity contribution in [3.05, 3.63) is 0 Å². The van der Waals surface area contributed by atoms with E-state index in [4.69, 9.17) is 0 Å². The molecule has 0 aromatic rings. The van der Waals surface area contributed by atoms with Gasteiger partial charge in [0.25, 0.3) is 5.91 Å². The van der Waals surface area contributed by atoms with E-state index in [1.165, 1.54) is 4.90 Å². The lowest BCUT2D eigenvalue weighted by atomic mass is 9.95. The van der Waals surface area contributed by atoms with Gasteiger partial charge in [-0.05, 0) is 51.9 Å². The first-order valence-electron chi connectivity index (χ1n) is 11.4. The first kappa shape index (κ1) is 28.0. The number of nitrogens with one attached hydrogen (secondary N) is 2. The number of nitrogens with zero attached hydrogens (tertiary/aromatic N) is 1. The summed E-state index contributed by atoms with van der Waals surface area (Å²) >= 11 is 0. The van der Waals surface area contributed by atoms with E-state index in [9.17, 15) is 37.5 Å². The van der Waals surface area contributed by atoms with Gasteiger partial charge >= 0.3 is 6.36 Å². The highest BCUT2D eigenvalue weighted by Gasteiger charge is 2.48. The molecule has 2 saturated heterocycles. The number of ketones is 1. The second-order valence-electron chi connectivity index (χ2n) is 9.99. The third-order valence-corrected chi connectivity index (χ3v) is 6.28. The van der Waals surface area contributed by atoms with E-state index < -0.39 is 60.2 Å². The molecule has 3 N–H and O–H groups in total. The number of ether oxygens (including phenoxy) is 1. The fourth-order valence-electron chi connectivity index (χ4n) is 4.52. The van der Waals surface area contributed by atoms with Crippen LogP contribution in [-0.4, -0.2) is 76.8 Å². The van der Waals surface area contributed by atoms with Gasteiger partial charge in [0.05, 0.1) is 6.04 Å². The molecular formula is C22H34F3N3O6. The Morgan fingerprint density at radius 2 is 1.91 bits per heavy atom. The standard InChI is InChI=1S/C22H34F3N3O6/c1-12(2)9-16(29)20(33)28-15(5-7-21(28,3)4)19(32)27-14(10-13-6-8-26-18(13)31)17(30)11-34-22(23,24)25/h12-16,29H,5-11H2,1-4H3,(H,26,31)(H,27,32)/t13-,14-,15-,16+/m0/s1. The zero-order valence-electron chi connectivity index (χ0n) is 19.9. The average molecular weight is 494 g/mol. The number of hydrogen-bond donors (Lipinski definition) is 3. The van der Waals surface area contributed by atoms with Gasteiger partial charge in [0.15, 0.2) is 5.78 Å². The fraction of sp³-hybridized carbons (Fsp3) is 0.818. The highest BCUT2D eigenvalue weighted by atomic mass is 19.4. The number of halogens is 3. The molecule has 2 aliphatic heterocycles. The molecule has 0 aromatic carbocycles. The molecule has 2 aliphatic rings. The lowest BCUT2D eigenvalue weighted by Crippen LogP contribution is -2.57. The summed E-state index contributed by atoms with van der Waals surface area (Å²) in [5, 5.41) is 15.4. The van der Waals surface area contributed by atoms with Crippen LogP contribution in [0.25, 0.3) is 0 Å². The van der Waals surface area contributed by atoms with Crippen LogP contribution in [0.3, 0.4) is 0 Å². The Balaban J connectivity index is 2.19. The zero-order chi connectivity index (χ0) is 25.8. The number of likely N-dealkylation sites (tertiary alicyclic amines) is 1. The van der Waals surface area contributed by atoms with Crippen LogP contribution in [0.15, 0.2) is 0 Å². The summed E-state index contributed by atoms with van der Waals surface area (Å²) in [6.45, 7) is 6.24. The summed E-state index contributed by atoms with van der Waals surface area (Å²) in [7, 11) is 0. The van der Waals surface area contributed by atoms with Crippen LogP contribution in [0.5, 0.6) is 0 Å². The zero-order valence-corrected chi connectivity index (χ0v) is 19.9. The summed E-state index contributed by atoms with van der Waals surface area (Å²) in [5.41, 5.74) is -0.749. The van der Waals surface area contributed by atoms with Gasteiger partial charge in [-0.2, -0.15) is 0 Å². The highest BCUT2D eigenvalue weighted by Crippen LogP contribution is 2.35. The monoisotopic (exact) mass is 493 g/mol. The van der Waals surface area contributed by atoms with Crippen molar-refractivity contribution in [3.8, 4) is 0 Å². The number of Topliss-reactive ketones (excluding diaryl/α,β-unsaturated/α-hetero) is 1. The minimum atomic E-state index is -5.03. The molecule has 0 bridgehead atoms. The maximum Gasteiger partial charge on any atom is 0.522 e. The maximum absolute atomic E-state index is 13.2. The number of hydrogen-bond acceptors (Lipinski definition) is 6. The molecule has 34 heavy (non-hydrogen) atoms. The summed E-state index contributed by atoms with van der Waals surface area (Å²) in [6.07, 6.45) is -5.24. The fourth-order valence-corrected chi connectivity index (χ4v) is 4.52. The number of alkyl halides is 3. The van der Waals surface area contributed by atoms with Crippen molar-refractivity contribution in [3.63, 3.8) is 0 Å². The van der Waals surface area contributed by atoms with E-state index >= 15 is 0 Å². The van der Waals surface area contributed by atoms with Crippen LogP contribution in [-0.2, 0) is 23.9 Å². The van der Waals surface area contributed by atoms with Crippen molar-refractivity contribution in [1.29, 1.82) is 0 Å². The molecule has 0 saturated carbocycles. The van der Waals surface area contributed by atoms with Crippen LogP contribution in [0.2, 0.25) is 0 Å². The van der Waals surface area contributed by atoms with Gasteiger partial charge in [0, 0.05) is 18.0 Å². The van der Waals surface area contributed by atoms with Gasteiger partial charge in [0.1, 0.15) is 18.8 Å². The third-order valence-electron chi connectivity index (χ3n) is 6.28. The Labute approximate surface area is 196 Å².